The molecule has 2 aromatic rings. The first-order chi connectivity index (χ1) is 10.1. The number of fused-ring (bicyclic) bond motifs is 1. The van der Waals surface area contributed by atoms with Crippen molar-refractivity contribution in [3.8, 4) is 0 Å². The molecule has 0 bridgehead atoms. The number of nitrogen functional groups attached to an aromatic ring is 1. The number of aromatic nitrogens is 1. The van der Waals surface area contributed by atoms with Gasteiger partial charge in [-0.15, -0.1) is 0 Å². The zero-order chi connectivity index (χ0) is 15.0. The van der Waals surface area contributed by atoms with Crippen LogP contribution in [-0.4, -0.2) is 40.1 Å². The highest BCUT2D eigenvalue weighted by atomic mass is 16.3. The Morgan fingerprint density at radius 3 is 3.00 bits per heavy atom. The monoisotopic (exact) mass is 285 g/mol. The minimum absolute atomic E-state index is 0.00853. The van der Waals surface area contributed by atoms with E-state index in [2.05, 4.69) is 11.9 Å². The minimum atomic E-state index is -0.120. The number of carbonyl (C=O) groups is 1. The van der Waals surface area contributed by atoms with Crippen LogP contribution in [0.15, 0.2) is 30.3 Å². The van der Waals surface area contributed by atoms with Crippen LogP contribution in [0.2, 0.25) is 0 Å². The lowest BCUT2D eigenvalue weighted by Crippen LogP contribution is -2.40. The van der Waals surface area contributed by atoms with Gasteiger partial charge in [-0.25, -0.2) is 4.98 Å². The minimum Gasteiger partial charge on any atom is -0.394 e. The first-order valence-electron chi connectivity index (χ1n) is 7.19. The van der Waals surface area contributed by atoms with Crippen molar-refractivity contribution in [1.82, 2.24) is 9.88 Å². The number of para-hydroxylation sites is 1. The molecule has 2 unspecified atom stereocenters. The van der Waals surface area contributed by atoms with Crippen LogP contribution in [0.4, 0.5) is 5.82 Å². The number of hydrogen-bond donors (Lipinski definition) is 2. The van der Waals surface area contributed by atoms with Crippen molar-refractivity contribution in [2.45, 2.75) is 19.4 Å². The molecule has 2 heterocycles. The molecule has 1 amide bonds. The smallest absolute Gasteiger partial charge is 0.255 e. The summed E-state index contributed by atoms with van der Waals surface area (Å²) in [4.78, 5) is 18.9. The van der Waals surface area contributed by atoms with Gasteiger partial charge in [0.15, 0.2) is 0 Å². The Morgan fingerprint density at radius 1 is 1.48 bits per heavy atom. The molecule has 5 heteroatoms. The van der Waals surface area contributed by atoms with Crippen molar-refractivity contribution in [2.24, 2.45) is 5.92 Å². The van der Waals surface area contributed by atoms with Gasteiger partial charge in [-0.2, -0.15) is 0 Å². The summed E-state index contributed by atoms with van der Waals surface area (Å²) in [6.07, 6.45) is 0.912. The predicted octanol–water partition coefficient (Wildman–Crippen LogP) is 1.66. The van der Waals surface area contributed by atoms with E-state index in [1.807, 2.05) is 24.3 Å². The fourth-order valence-corrected chi connectivity index (χ4v) is 3.07. The Hall–Kier alpha value is -2.14. The fraction of sp³-hybridized carbons (Fsp3) is 0.375. The molecule has 1 aliphatic rings. The summed E-state index contributed by atoms with van der Waals surface area (Å²) in [5.41, 5.74) is 7.10. The molecule has 1 fully saturated rings. The zero-order valence-electron chi connectivity index (χ0n) is 12.0. The molecular weight excluding hydrogens is 266 g/mol. The van der Waals surface area contributed by atoms with Crippen LogP contribution in [-0.2, 0) is 0 Å². The largest absolute Gasteiger partial charge is 0.394 e. The topological polar surface area (TPSA) is 79.5 Å². The Kier molecular flexibility index (Phi) is 3.51. The van der Waals surface area contributed by atoms with Gasteiger partial charge < -0.3 is 15.7 Å². The number of carbonyl (C=O) groups excluding carboxylic acids is 1. The van der Waals surface area contributed by atoms with Crippen LogP contribution in [0.1, 0.15) is 23.7 Å². The normalized spacial score (nSPS) is 21.9. The summed E-state index contributed by atoms with van der Waals surface area (Å²) in [6.45, 7) is 2.72. The number of pyridine rings is 1. The molecular formula is C16H19N3O2. The summed E-state index contributed by atoms with van der Waals surface area (Å²) < 4.78 is 0. The highest BCUT2D eigenvalue weighted by Gasteiger charge is 2.34. The maximum absolute atomic E-state index is 12.9. The molecule has 0 saturated carbocycles. The van der Waals surface area contributed by atoms with Crippen LogP contribution in [0.3, 0.4) is 0 Å². The number of aliphatic hydroxyl groups is 1. The van der Waals surface area contributed by atoms with Gasteiger partial charge in [0.1, 0.15) is 5.82 Å². The molecule has 0 spiro atoms. The SMILES string of the molecule is CC1CCN(C(=O)c2cc(N)nc3ccccc23)C1CO. The molecule has 1 aromatic carbocycles. The third-order valence-electron chi connectivity index (χ3n) is 4.30. The van der Waals surface area contributed by atoms with Crippen molar-refractivity contribution in [1.29, 1.82) is 0 Å². The zero-order valence-corrected chi connectivity index (χ0v) is 12.0. The van der Waals surface area contributed by atoms with E-state index in [4.69, 9.17) is 5.73 Å². The number of likely N-dealkylation sites (tertiary alicyclic amines) is 1. The molecule has 0 aliphatic carbocycles. The fourth-order valence-electron chi connectivity index (χ4n) is 3.07. The Labute approximate surface area is 123 Å². The second kappa shape index (κ2) is 5.33. The Morgan fingerprint density at radius 2 is 2.24 bits per heavy atom. The Balaban J connectivity index is 2.06. The van der Waals surface area contributed by atoms with Gasteiger partial charge in [-0.1, -0.05) is 25.1 Å². The second-order valence-corrected chi connectivity index (χ2v) is 5.63. The van der Waals surface area contributed by atoms with Gasteiger partial charge in [-0.05, 0) is 24.5 Å². The van der Waals surface area contributed by atoms with Crippen molar-refractivity contribution >= 4 is 22.6 Å². The second-order valence-electron chi connectivity index (χ2n) is 5.63. The maximum Gasteiger partial charge on any atom is 0.255 e. The maximum atomic E-state index is 12.9. The van der Waals surface area contributed by atoms with Crippen molar-refractivity contribution in [3.05, 3.63) is 35.9 Å². The highest BCUT2D eigenvalue weighted by Crippen LogP contribution is 2.28. The third kappa shape index (κ3) is 2.34. The van der Waals surface area contributed by atoms with E-state index in [9.17, 15) is 9.90 Å². The lowest BCUT2D eigenvalue weighted by atomic mass is 10.0. The summed E-state index contributed by atoms with van der Waals surface area (Å²) in [6, 6.07) is 8.99. The molecule has 1 saturated heterocycles. The van der Waals surface area contributed by atoms with Crippen LogP contribution in [0.5, 0.6) is 0 Å². The number of anilines is 1. The van der Waals surface area contributed by atoms with Crippen molar-refractivity contribution in [3.63, 3.8) is 0 Å². The van der Waals surface area contributed by atoms with Crippen LogP contribution < -0.4 is 5.73 Å². The molecule has 1 aliphatic heterocycles. The molecule has 1 aromatic heterocycles. The van der Waals surface area contributed by atoms with Crippen molar-refractivity contribution < 1.29 is 9.90 Å². The average Bonchev–Trinajstić information content (AvgIpc) is 2.86. The molecule has 3 N–H and O–H groups in total. The predicted molar refractivity (Wildman–Crippen MR) is 81.8 cm³/mol. The summed E-state index contributed by atoms with van der Waals surface area (Å²) in [5.74, 6) is 0.568. The average molecular weight is 285 g/mol. The lowest BCUT2D eigenvalue weighted by Gasteiger charge is -2.25. The van der Waals surface area contributed by atoms with Crippen LogP contribution in [0, 0.1) is 5.92 Å². The number of amides is 1. The quantitative estimate of drug-likeness (QED) is 0.879. The number of aliphatic hydroxyl groups excluding tert-OH is 1. The van der Waals surface area contributed by atoms with Gasteiger partial charge in [0.25, 0.3) is 5.91 Å². The molecule has 2 atom stereocenters. The Bertz CT molecular complexity index is 686. The first kappa shape index (κ1) is 13.8. The summed E-state index contributed by atoms with van der Waals surface area (Å²) in [7, 11) is 0. The van der Waals surface area contributed by atoms with Gasteiger partial charge in [0.2, 0.25) is 0 Å². The third-order valence-corrected chi connectivity index (χ3v) is 4.30. The van der Waals surface area contributed by atoms with Crippen molar-refractivity contribution in [2.75, 3.05) is 18.9 Å². The summed E-state index contributed by atoms with van der Waals surface area (Å²) >= 11 is 0. The standard InChI is InChI=1S/C16H19N3O2/c1-10-6-7-19(14(10)9-20)16(21)12-8-15(17)18-13-5-3-2-4-11(12)13/h2-5,8,10,14,20H,6-7,9H2,1H3,(H2,17,18). The van der Waals surface area contributed by atoms with Crippen LogP contribution in [0.25, 0.3) is 10.9 Å². The number of nitrogens with two attached hydrogens (primary N) is 1. The number of benzene rings is 1. The molecule has 0 radical (unpaired) electrons. The first-order valence-corrected chi connectivity index (χ1v) is 7.19. The highest BCUT2D eigenvalue weighted by molar-refractivity contribution is 6.07. The van der Waals surface area contributed by atoms with Crippen LogP contribution >= 0.6 is 0 Å². The van der Waals surface area contributed by atoms with Gasteiger partial charge in [0.05, 0.1) is 23.7 Å². The van der Waals surface area contributed by atoms with Gasteiger partial charge >= 0.3 is 0 Å². The number of nitrogens with zero attached hydrogens (tertiary/aromatic N) is 2. The molecule has 110 valence electrons. The van der Waals surface area contributed by atoms with Gasteiger partial charge in [-0.3, -0.25) is 4.79 Å². The molecule has 21 heavy (non-hydrogen) atoms. The van der Waals surface area contributed by atoms with E-state index in [1.165, 1.54) is 0 Å². The van der Waals surface area contributed by atoms with E-state index in [-0.39, 0.29) is 18.6 Å². The molecule has 5 nitrogen and oxygen atoms in total. The van der Waals surface area contributed by atoms with E-state index < -0.39 is 0 Å². The van der Waals surface area contributed by atoms with Gasteiger partial charge in [0, 0.05) is 11.9 Å². The summed E-state index contributed by atoms with van der Waals surface area (Å²) in [5, 5.41) is 10.3. The van der Waals surface area contributed by atoms with E-state index in [0.717, 1.165) is 11.8 Å². The van der Waals surface area contributed by atoms with E-state index in [1.54, 1.807) is 11.0 Å². The lowest BCUT2D eigenvalue weighted by molar-refractivity contribution is 0.0650. The van der Waals surface area contributed by atoms with E-state index >= 15 is 0 Å². The van der Waals surface area contributed by atoms with E-state index in [0.29, 0.717) is 29.4 Å². The number of rotatable bonds is 2. The number of hydrogen-bond acceptors (Lipinski definition) is 4. The molecule has 3 rings (SSSR count).